The maximum atomic E-state index is 11.6. The lowest BCUT2D eigenvalue weighted by Crippen LogP contribution is -2.41. The quantitative estimate of drug-likeness (QED) is 0.607. The molecular formula is C13H19BrN2O2S. The molecule has 0 spiro atoms. The third-order valence-corrected chi connectivity index (χ3v) is 4.33. The summed E-state index contributed by atoms with van der Waals surface area (Å²) in [6, 6.07) is 3.82. The number of ether oxygens (including phenoxy) is 1. The number of methoxy groups -OCH3 is 1. The Morgan fingerprint density at radius 3 is 2.89 bits per heavy atom. The number of pyridine rings is 1. The van der Waals surface area contributed by atoms with E-state index in [9.17, 15) is 4.79 Å². The second-order valence-corrected chi connectivity index (χ2v) is 6.26. The summed E-state index contributed by atoms with van der Waals surface area (Å²) in [5, 5.41) is 4.15. The molecule has 4 nitrogen and oxygen atoms in total. The summed E-state index contributed by atoms with van der Waals surface area (Å²) in [6.07, 6.45) is 2.47. The van der Waals surface area contributed by atoms with Crippen LogP contribution >= 0.6 is 27.7 Å². The largest absolute Gasteiger partial charge is 0.468 e. The van der Waals surface area contributed by atoms with Gasteiger partial charge in [0.1, 0.15) is 11.1 Å². The molecule has 1 aromatic rings. The van der Waals surface area contributed by atoms with Crippen LogP contribution in [0.25, 0.3) is 0 Å². The second kappa shape index (κ2) is 8.55. The van der Waals surface area contributed by atoms with Crippen LogP contribution in [0.15, 0.2) is 27.8 Å². The van der Waals surface area contributed by atoms with Crippen molar-refractivity contribution in [3.05, 3.63) is 22.8 Å². The van der Waals surface area contributed by atoms with Gasteiger partial charge in [0.05, 0.1) is 7.11 Å². The van der Waals surface area contributed by atoms with Crippen LogP contribution in [-0.4, -0.2) is 35.9 Å². The van der Waals surface area contributed by atoms with Crippen molar-refractivity contribution in [2.24, 2.45) is 0 Å². The first-order valence-electron chi connectivity index (χ1n) is 6.11. The Kier molecular flexibility index (Phi) is 7.41. The summed E-state index contributed by atoms with van der Waals surface area (Å²) in [7, 11) is 1.42. The molecule has 0 aromatic carbocycles. The lowest BCUT2D eigenvalue weighted by molar-refractivity contribution is -0.143. The minimum absolute atomic E-state index is 0.214. The maximum absolute atomic E-state index is 11.6. The van der Waals surface area contributed by atoms with E-state index in [2.05, 4.69) is 26.2 Å². The lowest BCUT2D eigenvalue weighted by atomic mass is 10.2. The Labute approximate surface area is 126 Å². The van der Waals surface area contributed by atoms with Crippen molar-refractivity contribution in [3.8, 4) is 0 Å². The van der Waals surface area contributed by atoms with Gasteiger partial charge in [-0.15, -0.1) is 11.8 Å². The van der Waals surface area contributed by atoms with E-state index in [0.717, 1.165) is 15.3 Å². The molecule has 0 bridgehead atoms. The second-order valence-electron chi connectivity index (χ2n) is 4.32. The predicted molar refractivity (Wildman–Crippen MR) is 81.4 cm³/mol. The molecule has 0 aliphatic rings. The Balaban J connectivity index is 2.48. The number of hydrogen-bond donors (Lipinski definition) is 1. The van der Waals surface area contributed by atoms with Crippen LogP contribution in [0.2, 0.25) is 0 Å². The van der Waals surface area contributed by atoms with Gasteiger partial charge in [-0.05, 0) is 34.5 Å². The monoisotopic (exact) mass is 346 g/mol. The van der Waals surface area contributed by atoms with Crippen molar-refractivity contribution in [2.45, 2.75) is 37.4 Å². The van der Waals surface area contributed by atoms with E-state index >= 15 is 0 Å². The molecule has 0 aliphatic heterocycles. The number of nitrogens with one attached hydrogen (secondary N) is 1. The van der Waals surface area contributed by atoms with Gasteiger partial charge in [0.2, 0.25) is 0 Å². The zero-order valence-electron chi connectivity index (χ0n) is 11.4. The van der Waals surface area contributed by atoms with Crippen LogP contribution in [-0.2, 0) is 9.53 Å². The average molecular weight is 347 g/mol. The molecule has 106 valence electrons. The molecule has 1 rings (SSSR count). The molecule has 1 N–H and O–H groups in total. The molecule has 19 heavy (non-hydrogen) atoms. The smallest absolute Gasteiger partial charge is 0.322 e. The van der Waals surface area contributed by atoms with Crippen LogP contribution < -0.4 is 5.32 Å². The van der Waals surface area contributed by atoms with Crippen molar-refractivity contribution in [3.63, 3.8) is 0 Å². The highest BCUT2D eigenvalue weighted by atomic mass is 79.9. The maximum Gasteiger partial charge on any atom is 0.322 e. The number of carbonyl (C=O) groups excluding carboxylic acids is 1. The van der Waals surface area contributed by atoms with Gasteiger partial charge in [0.15, 0.2) is 0 Å². The third kappa shape index (κ3) is 5.93. The molecule has 1 aromatic heterocycles. The minimum atomic E-state index is -0.264. The summed E-state index contributed by atoms with van der Waals surface area (Å²) >= 11 is 5.08. The molecule has 1 unspecified atom stereocenters. The summed E-state index contributed by atoms with van der Waals surface area (Å²) in [5.74, 6) is 0.587. The number of halogens is 1. The van der Waals surface area contributed by atoms with Crippen molar-refractivity contribution in [2.75, 3.05) is 12.9 Å². The van der Waals surface area contributed by atoms with E-state index < -0.39 is 0 Å². The summed E-state index contributed by atoms with van der Waals surface area (Å²) in [5.41, 5.74) is 0. The van der Waals surface area contributed by atoms with Gasteiger partial charge >= 0.3 is 5.97 Å². The van der Waals surface area contributed by atoms with E-state index in [1.54, 1.807) is 18.0 Å². The number of hydrogen-bond acceptors (Lipinski definition) is 5. The van der Waals surface area contributed by atoms with Crippen LogP contribution in [0.4, 0.5) is 0 Å². The van der Waals surface area contributed by atoms with Crippen LogP contribution in [0.3, 0.4) is 0 Å². The SMILES string of the molecule is COC(=O)C(CCSc1ncccc1Br)NC(C)C. The van der Waals surface area contributed by atoms with Gasteiger partial charge in [-0.3, -0.25) is 4.79 Å². The first kappa shape index (κ1) is 16.5. The molecule has 0 saturated carbocycles. The van der Waals surface area contributed by atoms with Gasteiger partial charge in [-0.2, -0.15) is 0 Å². The fourth-order valence-corrected chi connectivity index (χ4v) is 3.05. The van der Waals surface area contributed by atoms with E-state index in [4.69, 9.17) is 4.74 Å². The molecule has 0 saturated heterocycles. The fourth-order valence-electron chi connectivity index (χ4n) is 1.56. The van der Waals surface area contributed by atoms with Crippen LogP contribution in [0.5, 0.6) is 0 Å². The molecule has 0 aliphatic carbocycles. The minimum Gasteiger partial charge on any atom is -0.468 e. The van der Waals surface area contributed by atoms with Crippen molar-refractivity contribution < 1.29 is 9.53 Å². The number of nitrogens with zero attached hydrogens (tertiary/aromatic N) is 1. The number of rotatable bonds is 7. The standard InChI is InChI=1S/C13H19BrN2O2S/c1-9(2)16-11(13(17)18-3)6-8-19-12-10(14)5-4-7-15-12/h4-5,7,9,11,16H,6,8H2,1-3H3. The summed E-state index contributed by atoms with van der Waals surface area (Å²) in [6.45, 7) is 4.02. The first-order chi connectivity index (χ1) is 9.04. The molecular weight excluding hydrogens is 328 g/mol. The number of aromatic nitrogens is 1. The Morgan fingerprint density at radius 1 is 1.58 bits per heavy atom. The van der Waals surface area contributed by atoms with Gasteiger partial charge in [0.25, 0.3) is 0 Å². The summed E-state index contributed by atoms with van der Waals surface area (Å²) in [4.78, 5) is 15.9. The molecule has 6 heteroatoms. The third-order valence-electron chi connectivity index (χ3n) is 2.39. The Hall–Kier alpha value is -0.590. The van der Waals surface area contributed by atoms with Gasteiger partial charge in [0, 0.05) is 22.5 Å². The van der Waals surface area contributed by atoms with E-state index in [0.29, 0.717) is 6.42 Å². The van der Waals surface area contributed by atoms with Gasteiger partial charge in [-0.1, -0.05) is 13.8 Å². The molecule has 1 atom stereocenters. The fraction of sp³-hybridized carbons (Fsp3) is 0.538. The van der Waals surface area contributed by atoms with E-state index in [-0.39, 0.29) is 18.1 Å². The highest BCUT2D eigenvalue weighted by Crippen LogP contribution is 2.25. The normalized spacial score (nSPS) is 12.5. The van der Waals surface area contributed by atoms with Crippen molar-refractivity contribution in [1.82, 2.24) is 10.3 Å². The first-order valence-corrected chi connectivity index (χ1v) is 7.89. The lowest BCUT2D eigenvalue weighted by Gasteiger charge is -2.18. The predicted octanol–water partition coefficient (Wildman–Crippen LogP) is 2.87. The summed E-state index contributed by atoms with van der Waals surface area (Å²) < 4.78 is 5.78. The highest BCUT2D eigenvalue weighted by Gasteiger charge is 2.19. The number of thioether (sulfide) groups is 1. The number of carbonyl (C=O) groups is 1. The average Bonchev–Trinajstić information content (AvgIpc) is 2.38. The van der Waals surface area contributed by atoms with Gasteiger partial charge in [-0.25, -0.2) is 4.98 Å². The molecule has 0 amide bonds. The van der Waals surface area contributed by atoms with E-state index in [1.165, 1.54) is 7.11 Å². The van der Waals surface area contributed by atoms with Gasteiger partial charge < -0.3 is 10.1 Å². The van der Waals surface area contributed by atoms with Crippen molar-refractivity contribution >= 4 is 33.7 Å². The van der Waals surface area contributed by atoms with Crippen LogP contribution in [0.1, 0.15) is 20.3 Å². The topological polar surface area (TPSA) is 51.2 Å². The van der Waals surface area contributed by atoms with Crippen molar-refractivity contribution in [1.29, 1.82) is 0 Å². The zero-order valence-corrected chi connectivity index (χ0v) is 13.8. The Bertz CT molecular complexity index is 415. The molecule has 1 heterocycles. The molecule has 0 radical (unpaired) electrons. The zero-order chi connectivity index (χ0) is 14.3. The van der Waals surface area contributed by atoms with E-state index in [1.807, 2.05) is 26.0 Å². The highest BCUT2D eigenvalue weighted by molar-refractivity contribution is 9.10. The Morgan fingerprint density at radius 2 is 2.32 bits per heavy atom. The van der Waals surface area contributed by atoms with Crippen LogP contribution in [0, 0.1) is 0 Å². The number of esters is 1. The molecule has 0 fully saturated rings.